The number of carbonyl (C=O) groups is 1. The first-order valence-electron chi connectivity index (χ1n) is 4.41. The van der Waals surface area contributed by atoms with Gasteiger partial charge in [0, 0.05) is 0 Å². The lowest BCUT2D eigenvalue weighted by molar-refractivity contribution is -0.139. The second-order valence-corrected chi connectivity index (χ2v) is 3.09. The molecule has 2 heterocycles. The average molecular weight is 223 g/mol. The summed E-state index contributed by atoms with van der Waals surface area (Å²) in [6.07, 6.45) is -0.0494. The first kappa shape index (κ1) is 10.1. The number of methoxy groups -OCH3 is 1. The van der Waals surface area contributed by atoms with Gasteiger partial charge in [-0.15, -0.1) is 0 Å². The van der Waals surface area contributed by atoms with Crippen LogP contribution in [0.25, 0.3) is 11.2 Å². The summed E-state index contributed by atoms with van der Waals surface area (Å²) < 4.78 is 4.47. The zero-order chi connectivity index (χ0) is 11.7. The van der Waals surface area contributed by atoms with Gasteiger partial charge >= 0.3 is 5.97 Å². The quantitative estimate of drug-likeness (QED) is 0.557. The molecule has 0 amide bonds. The van der Waals surface area contributed by atoms with Crippen LogP contribution in [0, 0.1) is 0 Å². The van der Waals surface area contributed by atoms with E-state index in [0.29, 0.717) is 5.82 Å². The predicted molar refractivity (Wildman–Crippen MR) is 54.6 cm³/mol. The number of aromatic amines is 2. The maximum Gasteiger partial charge on any atom is 0.313 e. The number of imidazole rings is 1. The monoisotopic (exact) mass is 223 g/mol. The third kappa shape index (κ3) is 1.72. The summed E-state index contributed by atoms with van der Waals surface area (Å²) in [4.78, 5) is 35.2. The Bertz CT molecular complexity index is 599. The number of carbonyl (C=O) groups excluding carboxylic acids is 1. The number of fused-ring (bicyclic) bond motifs is 1. The SMILES string of the molecule is COC(=O)Cc1nc2nc(N)[nH]c(=O)c2[nH]1. The number of rotatable bonds is 2. The highest BCUT2D eigenvalue weighted by Crippen LogP contribution is 2.05. The highest BCUT2D eigenvalue weighted by molar-refractivity contribution is 5.75. The number of hydrogen-bond donors (Lipinski definition) is 3. The van der Waals surface area contributed by atoms with Crippen molar-refractivity contribution in [1.29, 1.82) is 0 Å². The topological polar surface area (TPSA) is 127 Å². The Morgan fingerprint density at radius 2 is 2.19 bits per heavy atom. The number of nitrogens with one attached hydrogen (secondary N) is 2. The van der Waals surface area contributed by atoms with Crippen LogP contribution in [0.3, 0.4) is 0 Å². The van der Waals surface area contributed by atoms with E-state index in [1.54, 1.807) is 0 Å². The summed E-state index contributed by atoms with van der Waals surface area (Å²) in [5.74, 6) is -0.164. The van der Waals surface area contributed by atoms with Crippen LogP contribution in [0.5, 0.6) is 0 Å². The first-order chi connectivity index (χ1) is 7.60. The molecule has 0 unspecified atom stereocenters. The maximum atomic E-state index is 11.4. The minimum atomic E-state index is -0.455. The molecule has 0 aromatic carbocycles. The molecule has 16 heavy (non-hydrogen) atoms. The van der Waals surface area contributed by atoms with Gasteiger partial charge in [0.05, 0.1) is 7.11 Å². The summed E-state index contributed by atoms with van der Waals surface area (Å²) in [7, 11) is 1.27. The molecule has 4 N–H and O–H groups in total. The fourth-order valence-corrected chi connectivity index (χ4v) is 1.26. The fraction of sp³-hybridized carbons (Fsp3) is 0.250. The van der Waals surface area contributed by atoms with E-state index in [9.17, 15) is 9.59 Å². The normalized spacial score (nSPS) is 10.6. The van der Waals surface area contributed by atoms with Crippen molar-refractivity contribution in [3.05, 3.63) is 16.2 Å². The molecule has 0 saturated heterocycles. The van der Waals surface area contributed by atoms with Gasteiger partial charge in [-0.2, -0.15) is 4.98 Å². The van der Waals surface area contributed by atoms with Crippen molar-refractivity contribution in [3.63, 3.8) is 0 Å². The molecule has 2 aromatic heterocycles. The smallest absolute Gasteiger partial charge is 0.313 e. The maximum absolute atomic E-state index is 11.4. The molecule has 0 spiro atoms. The van der Waals surface area contributed by atoms with Crippen LogP contribution in [0.15, 0.2) is 4.79 Å². The number of nitrogen functional groups attached to an aromatic ring is 1. The van der Waals surface area contributed by atoms with Crippen LogP contribution in [0.1, 0.15) is 5.82 Å². The van der Waals surface area contributed by atoms with Gasteiger partial charge in [-0.25, -0.2) is 4.98 Å². The van der Waals surface area contributed by atoms with Gasteiger partial charge in [-0.1, -0.05) is 0 Å². The summed E-state index contributed by atoms with van der Waals surface area (Å²) in [6, 6.07) is 0. The van der Waals surface area contributed by atoms with Gasteiger partial charge in [0.15, 0.2) is 11.2 Å². The van der Waals surface area contributed by atoms with Gasteiger partial charge < -0.3 is 15.5 Å². The molecule has 0 saturated carbocycles. The number of anilines is 1. The van der Waals surface area contributed by atoms with Gasteiger partial charge in [-0.3, -0.25) is 14.6 Å². The molecule has 0 atom stereocenters. The highest BCUT2D eigenvalue weighted by Gasteiger charge is 2.11. The minimum Gasteiger partial charge on any atom is -0.469 e. The zero-order valence-corrected chi connectivity index (χ0v) is 8.40. The van der Waals surface area contributed by atoms with Gasteiger partial charge in [-0.05, 0) is 0 Å². The van der Waals surface area contributed by atoms with Crippen molar-refractivity contribution >= 4 is 23.1 Å². The van der Waals surface area contributed by atoms with E-state index in [-0.39, 0.29) is 23.5 Å². The molecule has 8 heteroatoms. The number of esters is 1. The van der Waals surface area contributed by atoms with Crippen LogP contribution in [-0.4, -0.2) is 33.0 Å². The Morgan fingerprint density at radius 1 is 1.44 bits per heavy atom. The number of hydrogen-bond acceptors (Lipinski definition) is 6. The molecule has 0 aliphatic heterocycles. The van der Waals surface area contributed by atoms with E-state index < -0.39 is 11.5 Å². The minimum absolute atomic E-state index is 0.0198. The van der Waals surface area contributed by atoms with Crippen LogP contribution in [-0.2, 0) is 16.0 Å². The van der Waals surface area contributed by atoms with Crippen LogP contribution in [0.4, 0.5) is 5.95 Å². The number of nitrogens with two attached hydrogens (primary N) is 1. The molecular weight excluding hydrogens is 214 g/mol. The summed E-state index contributed by atoms with van der Waals surface area (Å²) in [6.45, 7) is 0. The summed E-state index contributed by atoms with van der Waals surface area (Å²) in [5, 5.41) is 0. The second kappa shape index (κ2) is 3.65. The Morgan fingerprint density at radius 3 is 2.88 bits per heavy atom. The van der Waals surface area contributed by atoms with Crippen molar-refractivity contribution in [1.82, 2.24) is 19.9 Å². The van der Waals surface area contributed by atoms with Gasteiger partial charge in [0.2, 0.25) is 5.95 Å². The molecule has 0 aliphatic rings. The van der Waals surface area contributed by atoms with E-state index in [1.807, 2.05) is 0 Å². The second-order valence-electron chi connectivity index (χ2n) is 3.09. The Kier molecular flexibility index (Phi) is 2.31. The lowest BCUT2D eigenvalue weighted by Gasteiger charge is -1.93. The highest BCUT2D eigenvalue weighted by atomic mass is 16.5. The lowest BCUT2D eigenvalue weighted by atomic mass is 10.4. The summed E-state index contributed by atoms with van der Waals surface area (Å²) >= 11 is 0. The molecule has 0 bridgehead atoms. The fourth-order valence-electron chi connectivity index (χ4n) is 1.26. The van der Waals surface area contributed by atoms with E-state index in [2.05, 4.69) is 24.7 Å². The van der Waals surface area contributed by atoms with Crippen molar-refractivity contribution in [2.45, 2.75) is 6.42 Å². The molecule has 8 nitrogen and oxygen atoms in total. The van der Waals surface area contributed by atoms with Crippen LogP contribution >= 0.6 is 0 Å². The van der Waals surface area contributed by atoms with Crippen LogP contribution < -0.4 is 11.3 Å². The van der Waals surface area contributed by atoms with Gasteiger partial charge in [0.1, 0.15) is 12.2 Å². The first-order valence-corrected chi connectivity index (χ1v) is 4.41. The summed E-state index contributed by atoms with van der Waals surface area (Å²) in [5.41, 5.74) is 5.29. The lowest BCUT2D eigenvalue weighted by Crippen LogP contribution is -2.11. The third-order valence-corrected chi connectivity index (χ3v) is 1.97. The van der Waals surface area contributed by atoms with Crippen molar-refractivity contribution in [3.8, 4) is 0 Å². The van der Waals surface area contributed by atoms with Crippen molar-refractivity contribution in [2.24, 2.45) is 0 Å². The Balaban J connectivity index is 2.48. The average Bonchev–Trinajstić information content (AvgIpc) is 2.60. The number of H-pyrrole nitrogens is 2. The number of aromatic nitrogens is 4. The standard InChI is InChI=1S/C8H9N5O3/c1-16-4(14)2-3-10-5-6(11-3)12-8(9)13-7(5)15/h2H2,1H3,(H4,9,10,11,12,13,15). The molecule has 2 aromatic rings. The molecule has 0 radical (unpaired) electrons. The Labute approximate surface area is 88.9 Å². The van der Waals surface area contributed by atoms with E-state index in [0.717, 1.165) is 0 Å². The Hall–Kier alpha value is -2.38. The molecule has 0 aliphatic carbocycles. The molecule has 84 valence electrons. The number of nitrogens with zero attached hydrogens (tertiary/aromatic N) is 2. The molecular formula is C8H9N5O3. The van der Waals surface area contributed by atoms with E-state index in [1.165, 1.54) is 7.11 Å². The van der Waals surface area contributed by atoms with Crippen LogP contribution in [0.2, 0.25) is 0 Å². The molecule has 2 rings (SSSR count). The third-order valence-electron chi connectivity index (χ3n) is 1.97. The van der Waals surface area contributed by atoms with Crippen molar-refractivity contribution < 1.29 is 9.53 Å². The largest absolute Gasteiger partial charge is 0.469 e. The van der Waals surface area contributed by atoms with Crippen molar-refractivity contribution in [2.75, 3.05) is 12.8 Å². The number of ether oxygens (including phenoxy) is 1. The zero-order valence-electron chi connectivity index (χ0n) is 8.40. The predicted octanol–water partition coefficient (Wildman–Crippen LogP) is -1.06. The van der Waals surface area contributed by atoms with E-state index >= 15 is 0 Å². The van der Waals surface area contributed by atoms with E-state index in [4.69, 9.17) is 5.73 Å². The molecule has 0 fully saturated rings. The van der Waals surface area contributed by atoms with Gasteiger partial charge in [0.25, 0.3) is 5.56 Å².